The molecule has 0 aliphatic carbocycles. The summed E-state index contributed by atoms with van der Waals surface area (Å²) < 4.78 is 10.8. The van der Waals surface area contributed by atoms with Gasteiger partial charge in [-0.05, 0) is 43.0 Å². The fraction of sp³-hybridized carbons (Fsp3) is 0.435. The molecule has 0 aromatic heterocycles. The minimum Gasteiger partial charge on any atom is -0.454 e. The van der Waals surface area contributed by atoms with Crippen LogP contribution in [0.1, 0.15) is 30.9 Å². The van der Waals surface area contributed by atoms with Crippen LogP contribution in [0, 0.1) is 0 Å². The van der Waals surface area contributed by atoms with Gasteiger partial charge in [-0.25, -0.2) is 4.99 Å². The molecule has 1 fully saturated rings. The molecule has 4 rings (SSSR count). The van der Waals surface area contributed by atoms with E-state index in [2.05, 4.69) is 52.8 Å². The predicted octanol–water partition coefficient (Wildman–Crippen LogP) is 3.14. The SMILES string of the molecule is CCNC(=NCc1ccc2c(c1)OCO2)NC1CCN(Cc2ccccc2)CC1. The smallest absolute Gasteiger partial charge is 0.231 e. The second-order valence-corrected chi connectivity index (χ2v) is 7.56. The van der Waals surface area contributed by atoms with Crippen molar-refractivity contribution in [3.05, 3.63) is 59.7 Å². The fourth-order valence-corrected chi connectivity index (χ4v) is 3.80. The van der Waals surface area contributed by atoms with Gasteiger partial charge < -0.3 is 20.1 Å². The highest BCUT2D eigenvalue weighted by Crippen LogP contribution is 2.32. The highest BCUT2D eigenvalue weighted by Gasteiger charge is 2.20. The van der Waals surface area contributed by atoms with Crippen LogP contribution in [0.15, 0.2) is 53.5 Å². The summed E-state index contributed by atoms with van der Waals surface area (Å²) in [5.74, 6) is 2.50. The second kappa shape index (κ2) is 9.65. The third-order valence-electron chi connectivity index (χ3n) is 5.38. The van der Waals surface area contributed by atoms with E-state index in [9.17, 15) is 0 Å². The molecule has 0 amide bonds. The Balaban J connectivity index is 1.29. The Morgan fingerprint density at radius 3 is 2.62 bits per heavy atom. The lowest BCUT2D eigenvalue weighted by molar-refractivity contribution is 0.174. The van der Waals surface area contributed by atoms with E-state index in [4.69, 9.17) is 14.5 Å². The minimum atomic E-state index is 0.301. The Morgan fingerprint density at radius 2 is 1.83 bits per heavy atom. The average Bonchev–Trinajstić information content (AvgIpc) is 3.22. The maximum absolute atomic E-state index is 5.46. The van der Waals surface area contributed by atoms with Gasteiger partial charge in [0.25, 0.3) is 0 Å². The summed E-state index contributed by atoms with van der Waals surface area (Å²) in [6.07, 6.45) is 2.25. The number of rotatable bonds is 6. The molecule has 2 N–H and O–H groups in total. The number of nitrogens with one attached hydrogen (secondary N) is 2. The summed E-state index contributed by atoms with van der Waals surface area (Å²) in [6, 6.07) is 17.2. The first-order chi connectivity index (χ1) is 14.3. The maximum atomic E-state index is 5.46. The number of fused-ring (bicyclic) bond motifs is 1. The molecule has 2 heterocycles. The van der Waals surface area contributed by atoms with Gasteiger partial charge in [0.1, 0.15) is 0 Å². The van der Waals surface area contributed by atoms with Gasteiger partial charge in [0.2, 0.25) is 6.79 Å². The van der Waals surface area contributed by atoms with Crippen molar-refractivity contribution in [2.75, 3.05) is 26.4 Å². The average molecular weight is 395 g/mol. The van der Waals surface area contributed by atoms with Crippen LogP contribution in [0.25, 0.3) is 0 Å². The molecule has 0 bridgehead atoms. The molecule has 1 saturated heterocycles. The van der Waals surface area contributed by atoms with Crippen molar-refractivity contribution < 1.29 is 9.47 Å². The van der Waals surface area contributed by atoms with Crippen LogP contribution in [0.4, 0.5) is 0 Å². The zero-order valence-electron chi connectivity index (χ0n) is 17.1. The Kier molecular flexibility index (Phi) is 6.52. The lowest BCUT2D eigenvalue weighted by Gasteiger charge is -2.33. The normalized spacial score (nSPS) is 17.3. The summed E-state index contributed by atoms with van der Waals surface area (Å²) >= 11 is 0. The van der Waals surface area contributed by atoms with E-state index < -0.39 is 0 Å². The van der Waals surface area contributed by atoms with Crippen LogP contribution >= 0.6 is 0 Å². The molecule has 0 atom stereocenters. The van der Waals surface area contributed by atoms with E-state index in [1.54, 1.807) is 0 Å². The molecule has 2 aromatic rings. The standard InChI is InChI=1S/C23H30N4O2/c1-2-24-23(25-15-19-8-9-21-22(14-19)29-17-28-21)26-20-10-12-27(13-11-20)16-18-6-4-3-5-7-18/h3-9,14,20H,2,10-13,15-17H2,1H3,(H2,24,25,26). The minimum absolute atomic E-state index is 0.301. The van der Waals surface area contributed by atoms with Crippen molar-refractivity contribution in [2.24, 2.45) is 4.99 Å². The van der Waals surface area contributed by atoms with Gasteiger partial charge >= 0.3 is 0 Å². The van der Waals surface area contributed by atoms with Crippen molar-refractivity contribution in [3.8, 4) is 11.5 Å². The number of benzene rings is 2. The van der Waals surface area contributed by atoms with E-state index in [0.29, 0.717) is 19.4 Å². The third-order valence-corrected chi connectivity index (χ3v) is 5.38. The molecule has 0 saturated carbocycles. The number of hydrogen-bond acceptors (Lipinski definition) is 4. The summed E-state index contributed by atoms with van der Waals surface area (Å²) in [5, 5.41) is 6.99. The monoisotopic (exact) mass is 394 g/mol. The maximum Gasteiger partial charge on any atom is 0.231 e. The van der Waals surface area contributed by atoms with Gasteiger partial charge in [-0.1, -0.05) is 36.4 Å². The van der Waals surface area contributed by atoms with Crippen LogP contribution in [-0.4, -0.2) is 43.3 Å². The molecule has 0 unspecified atom stereocenters. The van der Waals surface area contributed by atoms with E-state index >= 15 is 0 Å². The quantitative estimate of drug-likeness (QED) is 0.582. The number of likely N-dealkylation sites (tertiary alicyclic amines) is 1. The molecule has 2 aromatic carbocycles. The van der Waals surface area contributed by atoms with Gasteiger partial charge in [-0.15, -0.1) is 0 Å². The van der Waals surface area contributed by atoms with Crippen LogP contribution in [0.3, 0.4) is 0 Å². The first kappa shape index (κ1) is 19.6. The molecular formula is C23H30N4O2. The predicted molar refractivity (Wildman–Crippen MR) is 115 cm³/mol. The van der Waals surface area contributed by atoms with Crippen molar-refractivity contribution in [1.29, 1.82) is 0 Å². The number of guanidine groups is 1. The van der Waals surface area contributed by atoms with Crippen molar-refractivity contribution in [2.45, 2.75) is 38.9 Å². The topological polar surface area (TPSA) is 58.1 Å². The molecule has 0 spiro atoms. The van der Waals surface area contributed by atoms with E-state index in [-0.39, 0.29) is 0 Å². The second-order valence-electron chi connectivity index (χ2n) is 7.56. The van der Waals surface area contributed by atoms with E-state index in [0.717, 1.165) is 62.0 Å². The molecule has 0 radical (unpaired) electrons. The number of aliphatic imine (C=N–C) groups is 1. The third kappa shape index (κ3) is 5.41. The highest BCUT2D eigenvalue weighted by atomic mass is 16.7. The molecule has 29 heavy (non-hydrogen) atoms. The number of hydrogen-bond donors (Lipinski definition) is 2. The van der Waals surface area contributed by atoms with Gasteiger partial charge in [0.15, 0.2) is 17.5 Å². The van der Waals surface area contributed by atoms with Crippen molar-refractivity contribution >= 4 is 5.96 Å². The fourth-order valence-electron chi connectivity index (χ4n) is 3.80. The van der Waals surface area contributed by atoms with Gasteiger partial charge in [0.05, 0.1) is 6.54 Å². The van der Waals surface area contributed by atoms with Gasteiger partial charge in [-0.2, -0.15) is 0 Å². The Bertz CT molecular complexity index is 817. The molecule has 2 aliphatic rings. The van der Waals surface area contributed by atoms with Crippen LogP contribution in [0.2, 0.25) is 0 Å². The Morgan fingerprint density at radius 1 is 1.03 bits per heavy atom. The first-order valence-corrected chi connectivity index (χ1v) is 10.5. The lowest BCUT2D eigenvalue weighted by atomic mass is 10.0. The zero-order valence-corrected chi connectivity index (χ0v) is 17.1. The van der Waals surface area contributed by atoms with E-state index in [1.165, 1.54) is 5.56 Å². The van der Waals surface area contributed by atoms with Crippen molar-refractivity contribution in [3.63, 3.8) is 0 Å². The molecule has 6 nitrogen and oxygen atoms in total. The van der Waals surface area contributed by atoms with Crippen LogP contribution < -0.4 is 20.1 Å². The lowest BCUT2D eigenvalue weighted by Crippen LogP contribution is -2.48. The molecular weight excluding hydrogens is 364 g/mol. The molecule has 2 aliphatic heterocycles. The first-order valence-electron chi connectivity index (χ1n) is 10.5. The number of piperidine rings is 1. The van der Waals surface area contributed by atoms with Gasteiger partial charge in [-0.3, -0.25) is 4.90 Å². The number of ether oxygens (including phenoxy) is 2. The molecule has 6 heteroatoms. The van der Waals surface area contributed by atoms with Crippen LogP contribution in [0.5, 0.6) is 11.5 Å². The van der Waals surface area contributed by atoms with Crippen molar-refractivity contribution in [1.82, 2.24) is 15.5 Å². The Hall–Kier alpha value is -2.73. The Labute approximate surface area is 172 Å². The summed E-state index contributed by atoms with van der Waals surface area (Å²) in [6.45, 7) is 7.10. The summed E-state index contributed by atoms with van der Waals surface area (Å²) in [7, 11) is 0. The summed E-state index contributed by atoms with van der Waals surface area (Å²) in [5.41, 5.74) is 2.50. The zero-order chi connectivity index (χ0) is 19.9. The largest absolute Gasteiger partial charge is 0.454 e. The van der Waals surface area contributed by atoms with E-state index in [1.807, 2.05) is 18.2 Å². The van der Waals surface area contributed by atoms with Crippen LogP contribution in [-0.2, 0) is 13.1 Å². The highest BCUT2D eigenvalue weighted by molar-refractivity contribution is 5.80. The summed E-state index contributed by atoms with van der Waals surface area (Å²) in [4.78, 5) is 7.31. The molecule has 154 valence electrons. The van der Waals surface area contributed by atoms with Gasteiger partial charge in [0, 0.05) is 32.2 Å². The number of nitrogens with zero attached hydrogens (tertiary/aromatic N) is 2.